The first-order valence-electron chi connectivity index (χ1n) is 11.8. The maximum atomic E-state index is 12.9. The third-order valence-electron chi connectivity index (χ3n) is 6.58. The van der Waals surface area contributed by atoms with Crippen molar-refractivity contribution in [3.8, 4) is 11.5 Å². The van der Waals surface area contributed by atoms with Crippen LogP contribution in [0, 0.1) is 0 Å². The second-order valence-corrected chi connectivity index (χ2v) is 9.04. The highest BCUT2D eigenvalue weighted by molar-refractivity contribution is 7.80. The predicted octanol–water partition coefficient (Wildman–Crippen LogP) is 3.61. The molecule has 1 aliphatic heterocycles. The van der Waals surface area contributed by atoms with Crippen molar-refractivity contribution in [2.45, 2.75) is 58.5 Å². The number of hydrogen-bond acceptors (Lipinski definition) is 5. The molecule has 0 unspecified atom stereocenters. The zero-order chi connectivity index (χ0) is 22.5. The van der Waals surface area contributed by atoms with E-state index in [1.165, 1.54) is 19.3 Å². The van der Waals surface area contributed by atoms with Crippen LogP contribution in [0.5, 0.6) is 11.5 Å². The lowest BCUT2D eigenvalue weighted by atomic mass is 9.96. The topological polar surface area (TPSA) is 69.8 Å². The summed E-state index contributed by atoms with van der Waals surface area (Å²) in [5.41, 5.74) is 1.36. The Labute approximate surface area is 195 Å². The van der Waals surface area contributed by atoms with Gasteiger partial charge in [-0.1, -0.05) is 33.1 Å². The van der Waals surface area contributed by atoms with E-state index >= 15 is 0 Å². The SMILES string of the molecule is CCN(CC)CCN(Cc1cc2cc3c(cc2[nH]c1=O)OCO3)C(=S)NC1CCCCC1. The van der Waals surface area contributed by atoms with Crippen LogP contribution in [0.1, 0.15) is 51.5 Å². The third-order valence-corrected chi connectivity index (χ3v) is 6.95. The van der Waals surface area contributed by atoms with Gasteiger partial charge in [0.2, 0.25) is 6.79 Å². The molecule has 1 aliphatic carbocycles. The van der Waals surface area contributed by atoms with Gasteiger partial charge in [0.15, 0.2) is 16.6 Å². The molecule has 4 rings (SSSR count). The van der Waals surface area contributed by atoms with Gasteiger partial charge >= 0.3 is 0 Å². The molecule has 0 saturated heterocycles. The Balaban J connectivity index is 1.55. The minimum absolute atomic E-state index is 0.0929. The van der Waals surface area contributed by atoms with Crippen LogP contribution in [0.15, 0.2) is 23.0 Å². The van der Waals surface area contributed by atoms with E-state index in [1.54, 1.807) is 0 Å². The monoisotopic (exact) mass is 458 g/mol. The minimum atomic E-state index is -0.0929. The molecule has 8 heteroatoms. The standard InChI is InChI=1S/C24H34N4O3S/c1-3-27(4-2)10-11-28(24(32)25-19-8-6-5-7-9-19)15-18-12-17-13-21-22(31-16-30-21)14-20(17)26-23(18)29/h12-14,19H,3-11,15-16H2,1-2H3,(H,25,32)(H,26,29). The van der Waals surface area contributed by atoms with E-state index in [1.807, 2.05) is 18.2 Å². The smallest absolute Gasteiger partial charge is 0.253 e. The molecule has 0 spiro atoms. The van der Waals surface area contributed by atoms with Crippen molar-refractivity contribution in [3.63, 3.8) is 0 Å². The summed E-state index contributed by atoms with van der Waals surface area (Å²) < 4.78 is 10.9. The van der Waals surface area contributed by atoms with Gasteiger partial charge in [0.25, 0.3) is 5.56 Å². The molecule has 1 aromatic heterocycles. The second kappa shape index (κ2) is 10.5. The Morgan fingerprint density at radius 3 is 2.53 bits per heavy atom. The zero-order valence-corrected chi connectivity index (χ0v) is 19.9. The first kappa shape index (κ1) is 22.9. The van der Waals surface area contributed by atoms with E-state index in [4.69, 9.17) is 21.7 Å². The van der Waals surface area contributed by atoms with E-state index in [-0.39, 0.29) is 12.4 Å². The van der Waals surface area contributed by atoms with E-state index in [9.17, 15) is 4.79 Å². The van der Waals surface area contributed by atoms with Crippen LogP contribution in [0.4, 0.5) is 0 Å². The number of hydrogen-bond donors (Lipinski definition) is 2. The summed E-state index contributed by atoms with van der Waals surface area (Å²) in [7, 11) is 0. The highest BCUT2D eigenvalue weighted by atomic mass is 32.1. The van der Waals surface area contributed by atoms with Crippen molar-refractivity contribution in [1.29, 1.82) is 0 Å². The van der Waals surface area contributed by atoms with Crippen molar-refractivity contribution in [2.75, 3.05) is 33.0 Å². The summed E-state index contributed by atoms with van der Waals surface area (Å²) in [6.45, 7) is 8.70. The summed E-state index contributed by atoms with van der Waals surface area (Å²) in [4.78, 5) is 20.4. The van der Waals surface area contributed by atoms with Crippen LogP contribution in [0.2, 0.25) is 0 Å². The van der Waals surface area contributed by atoms with Gasteiger partial charge in [-0.2, -0.15) is 0 Å². The molecule has 0 atom stereocenters. The van der Waals surface area contributed by atoms with E-state index in [2.05, 4.69) is 33.9 Å². The number of aromatic amines is 1. The Morgan fingerprint density at radius 2 is 1.81 bits per heavy atom. The van der Waals surface area contributed by atoms with Crippen LogP contribution >= 0.6 is 12.2 Å². The van der Waals surface area contributed by atoms with Gasteiger partial charge in [0.05, 0.1) is 12.1 Å². The number of rotatable bonds is 8. The lowest BCUT2D eigenvalue weighted by Crippen LogP contribution is -2.47. The molecule has 0 radical (unpaired) electrons. The lowest BCUT2D eigenvalue weighted by Gasteiger charge is -2.32. The maximum absolute atomic E-state index is 12.9. The Morgan fingerprint density at radius 1 is 1.09 bits per heavy atom. The van der Waals surface area contributed by atoms with Gasteiger partial charge in [-0.15, -0.1) is 0 Å². The van der Waals surface area contributed by atoms with Crippen LogP contribution in [0.25, 0.3) is 10.9 Å². The number of fused-ring (bicyclic) bond motifs is 2. The van der Waals surface area contributed by atoms with Crippen LogP contribution in [-0.4, -0.2) is 58.9 Å². The van der Waals surface area contributed by atoms with Crippen molar-refractivity contribution >= 4 is 28.2 Å². The van der Waals surface area contributed by atoms with Gasteiger partial charge in [-0.05, 0) is 50.3 Å². The van der Waals surface area contributed by atoms with Gasteiger partial charge in [-0.3, -0.25) is 4.79 Å². The first-order valence-corrected chi connectivity index (χ1v) is 12.2. The number of likely N-dealkylation sites (N-methyl/N-ethyl adjacent to an activating group) is 1. The highest BCUT2D eigenvalue weighted by Crippen LogP contribution is 2.35. The largest absolute Gasteiger partial charge is 0.454 e. The van der Waals surface area contributed by atoms with Crippen LogP contribution < -0.4 is 20.3 Å². The Bertz CT molecular complexity index is 999. The van der Waals surface area contributed by atoms with Crippen molar-refractivity contribution in [1.82, 2.24) is 20.1 Å². The number of benzene rings is 1. The Hall–Kier alpha value is -2.32. The van der Waals surface area contributed by atoms with E-state index < -0.39 is 0 Å². The van der Waals surface area contributed by atoms with Gasteiger partial charge in [0.1, 0.15) is 0 Å². The number of pyridine rings is 1. The number of aromatic nitrogens is 1. The van der Waals surface area contributed by atoms with E-state index in [0.29, 0.717) is 29.6 Å². The van der Waals surface area contributed by atoms with Crippen molar-refractivity contribution in [3.05, 3.63) is 34.1 Å². The molecule has 2 N–H and O–H groups in total. The molecule has 32 heavy (non-hydrogen) atoms. The average molecular weight is 459 g/mol. The van der Waals surface area contributed by atoms with Gasteiger partial charge < -0.3 is 29.6 Å². The molecule has 2 aliphatic rings. The number of nitrogens with zero attached hydrogens (tertiary/aromatic N) is 2. The summed E-state index contributed by atoms with van der Waals surface area (Å²) in [5.74, 6) is 1.38. The summed E-state index contributed by atoms with van der Waals surface area (Å²) in [6, 6.07) is 6.14. The number of nitrogens with one attached hydrogen (secondary N) is 2. The lowest BCUT2D eigenvalue weighted by molar-refractivity contribution is 0.174. The number of thiocarbonyl (C=S) groups is 1. The highest BCUT2D eigenvalue weighted by Gasteiger charge is 2.20. The molecular formula is C24H34N4O3S. The van der Waals surface area contributed by atoms with E-state index in [0.717, 1.165) is 55.0 Å². The quantitative estimate of drug-likeness (QED) is 0.586. The van der Waals surface area contributed by atoms with Gasteiger partial charge in [-0.25, -0.2) is 0 Å². The molecular weight excluding hydrogens is 424 g/mol. The van der Waals surface area contributed by atoms with Crippen LogP contribution in [-0.2, 0) is 6.54 Å². The Kier molecular flexibility index (Phi) is 7.52. The number of ether oxygens (including phenoxy) is 2. The average Bonchev–Trinajstić information content (AvgIpc) is 3.25. The molecule has 1 fully saturated rings. The first-order chi connectivity index (χ1) is 15.6. The third kappa shape index (κ3) is 5.35. The fourth-order valence-electron chi connectivity index (χ4n) is 4.53. The fraction of sp³-hybridized carbons (Fsp3) is 0.583. The van der Waals surface area contributed by atoms with Crippen LogP contribution in [0.3, 0.4) is 0 Å². The van der Waals surface area contributed by atoms with Gasteiger partial charge in [0, 0.05) is 36.1 Å². The second-order valence-electron chi connectivity index (χ2n) is 8.65. The fourth-order valence-corrected chi connectivity index (χ4v) is 4.85. The summed E-state index contributed by atoms with van der Waals surface area (Å²) in [5, 5.41) is 5.25. The normalized spacial score (nSPS) is 16.0. The molecule has 1 saturated carbocycles. The van der Waals surface area contributed by atoms with Crippen molar-refractivity contribution < 1.29 is 9.47 Å². The minimum Gasteiger partial charge on any atom is -0.454 e. The maximum Gasteiger partial charge on any atom is 0.253 e. The molecule has 2 heterocycles. The molecule has 174 valence electrons. The summed E-state index contributed by atoms with van der Waals surface area (Å²) >= 11 is 5.83. The number of H-pyrrole nitrogens is 1. The van der Waals surface area contributed by atoms with Crippen molar-refractivity contribution in [2.24, 2.45) is 0 Å². The zero-order valence-electron chi connectivity index (χ0n) is 19.1. The summed E-state index contributed by atoms with van der Waals surface area (Å²) in [6.07, 6.45) is 6.13. The molecule has 2 aromatic rings. The molecule has 1 aromatic carbocycles. The molecule has 0 amide bonds. The molecule has 7 nitrogen and oxygen atoms in total. The molecule has 0 bridgehead atoms. The predicted molar refractivity (Wildman–Crippen MR) is 131 cm³/mol.